The normalized spacial score (nSPS) is 14.7. The van der Waals surface area contributed by atoms with Gasteiger partial charge >= 0.3 is 0 Å². The van der Waals surface area contributed by atoms with Gasteiger partial charge in [-0.15, -0.1) is 0 Å². The number of aromatic nitrogens is 5. The fourth-order valence-corrected chi connectivity index (χ4v) is 4.07. The van der Waals surface area contributed by atoms with Crippen molar-refractivity contribution < 1.29 is 9.18 Å². The van der Waals surface area contributed by atoms with E-state index in [0.29, 0.717) is 18.8 Å². The Kier molecular flexibility index (Phi) is 5.55. The van der Waals surface area contributed by atoms with Crippen LogP contribution in [0.3, 0.4) is 0 Å². The number of hydrogen-bond donors (Lipinski definition) is 0. The molecular formula is C24H24FN7O. The number of rotatable bonds is 5. The molecule has 0 aliphatic carbocycles. The number of carbonyl (C=O) groups is 1. The van der Waals surface area contributed by atoms with Crippen molar-refractivity contribution >= 4 is 22.5 Å². The van der Waals surface area contributed by atoms with Crippen molar-refractivity contribution in [1.82, 2.24) is 29.9 Å². The van der Waals surface area contributed by atoms with Crippen molar-refractivity contribution in [3.63, 3.8) is 0 Å². The molecule has 1 fully saturated rings. The molecule has 1 aliphatic heterocycles. The summed E-state index contributed by atoms with van der Waals surface area (Å²) < 4.78 is 17.0. The van der Waals surface area contributed by atoms with Crippen LogP contribution in [0.1, 0.15) is 16.1 Å². The first kappa shape index (κ1) is 21.1. The third kappa shape index (κ3) is 4.31. The van der Waals surface area contributed by atoms with E-state index in [4.69, 9.17) is 0 Å². The maximum Gasteiger partial charge on any atom is 0.176 e. The average molecular weight is 446 g/mol. The molecule has 0 amide bonds. The van der Waals surface area contributed by atoms with Gasteiger partial charge in [0.25, 0.3) is 0 Å². The number of piperazine rings is 1. The molecule has 8 nitrogen and oxygen atoms in total. The quantitative estimate of drug-likeness (QED) is 0.437. The topological polar surface area (TPSA) is 80.0 Å². The molecule has 33 heavy (non-hydrogen) atoms. The molecule has 168 valence electrons. The molecule has 0 unspecified atom stereocenters. The van der Waals surface area contributed by atoms with Crippen LogP contribution < -0.4 is 4.90 Å². The van der Waals surface area contributed by atoms with E-state index >= 15 is 4.39 Å². The zero-order valence-electron chi connectivity index (χ0n) is 18.6. The highest BCUT2D eigenvalue weighted by Gasteiger charge is 2.23. The zero-order chi connectivity index (χ0) is 22.9. The second kappa shape index (κ2) is 8.67. The lowest BCUT2D eigenvalue weighted by Gasteiger charge is -2.33. The Morgan fingerprint density at radius 1 is 1.03 bits per heavy atom. The molecule has 0 atom stereocenters. The van der Waals surface area contributed by atoms with Gasteiger partial charge in [0.2, 0.25) is 0 Å². The van der Waals surface area contributed by atoms with E-state index < -0.39 is 5.82 Å². The maximum atomic E-state index is 15.2. The van der Waals surface area contributed by atoms with Crippen LogP contribution >= 0.6 is 0 Å². The monoisotopic (exact) mass is 445 g/mol. The van der Waals surface area contributed by atoms with Crippen molar-refractivity contribution in [1.29, 1.82) is 0 Å². The van der Waals surface area contributed by atoms with E-state index in [1.165, 1.54) is 12.3 Å². The van der Waals surface area contributed by atoms with Crippen molar-refractivity contribution in [3.05, 3.63) is 66.0 Å². The number of nitrogens with zero attached hydrogens (tertiary/aromatic N) is 7. The smallest absolute Gasteiger partial charge is 0.176 e. The summed E-state index contributed by atoms with van der Waals surface area (Å²) in [4.78, 5) is 21.3. The molecule has 0 radical (unpaired) electrons. The average Bonchev–Trinajstić information content (AvgIpc) is 3.25. The Morgan fingerprint density at radius 3 is 2.61 bits per heavy atom. The lowest BCUT2D eigenvalue weighted by atomic mass is 10.0. The number of ketones is 1. The molecule has 3 aromatic heterocycles. The van der Waals surface area contributed by atoms with Crippen LogP contribution in [0.4, 0.5) is 10.2 Å². The largest absolute Gasteiger partial charge is 0.352 e. The van der Waals surface area contributed by atoms with Gasteiger partial charge in [0, 0.05) is 56.6 Å². The van der Waals surface area contributed by atoms with Crippen LogP contribution in [0.2, 0.25) is 0 Å². The predicted octanol–water partition coefficient (Wildman–Crippen LogP) is 2.74. The Bertz CT molecular complexity index is 1330. The first-order chi connectivity index (χ1) is 16.0. The summed E-state index contributed by atoms with van der Waals surface area (Å²) in [6.45, 7) is 3.00. The van der Waals surface area contributed by atoms with Crippen LogP contribution in [0, 0.1) is 5.82 Å². The van der Waals surface area contributed by atoms with E-state index in [1.807, 2.05) is 49.5 Å². The van der Waals surface area contributed by atoms with E-state index in [1.54, 1.807) is 10.9 Å². The van der Waals surface area contributed by atoms with Gasteiger partial charge in [-0.05, 0) is 36.9 Å². The summed E-state index contributed by atoms with van der Waals surface area (Å²) in [5.41, 5.74) is 3.24. The summed E-state index contributed by atoms with van der Waals surface area (Å²) in [6.07, 6.45) is 5.19. The minimum atomic E-state index is -0.570. The fraction of sp³-hybridized carbons (Fsp3) is 0.292. The van der Waals surface area contributed by atoms with Crippen molar-refractivity contribution in [2.75, 3.05) is 38.1 Å². The minimum Gasteiger partial charge on any atom is -0.352 e. The van der Waals surface area contributed by atoms with E-state index in [9.17, 15) is 4.79 Å². The van der Waals surface area contributed by atoms with Crippen LogP contribution in [0.5, 0.6) is 0 Å². The van der Waals surface area contributed by atoms with Crippen LogP contribution in [-0.2, 0) is 13.5 Å². The van der Waals surface area contributed by atoms with E-state index in [0.717, 1.165) is 35.1 Å². The van der Waals surface area contributed by atoms with Gasteiger partial charge < -0.3 is 9.80 Å². The Balaban J connectivity index is 1.39. The number of Topliss-reactive ketones (excluding diaryl/α,β-unsaturated/α-hetero) is 1. The van der Waals surface area contributed by atoms with Crippen molar-refractivity contribution in [2.24, 2.45) is 7.05 Å². The van der Waals surface area contributed by atoms with Crippen molar-refractivity contribution in [3.8, 4) is 11.1 Å². The summed E-state index contributed by atoms with van der Waals surface area (Å²) in [5.74, 6) is -0.679. The van der Waals surface area contributed by atoms with Gasteiger partial charge in [-0.25, -0.2) is 9.37 Å². The number of pyridine rings is 1. The molecule has 4 aromatic rings. The minimum absolute atomic E-state index is 0.0323. The molecule has 0 spiro atoms. The second-order valence-corrected chi connectivity index (χ2v) is 8.40. The van der Waals surface area contributed by atoms with Crippen molar-refractivity contribution in [2.45, 2.75) is 6.42 Å². The maximum absolute atomic E-state index is 15.2. The number of hydrogen-bond acceptors (Lipinski definition) is 7. The van der Waals surface area contributed by atoms with E-state index in [2.05, 4.69) is 25.2 Å². The number of carbonyl (C=O) groups excluding carboxylic acids is 1. The second-order valence-electron chi connectivity index (χ2n) is 8.40. The third-order valence-corrected chi connectivity index (χ3v) is 5.99. The SMILES string of the molecule is CN1CCN(c2nccc(C(=O)Cc3cc4cc(-c5cnn(C)c5)ccc4nn3)c2F)CC1. The van der Waals surface area contributed by atoms with Gasteiger partial charge in [0.15, 0.2) is 17.4 Å². The zero-order valence-corrected chi connectivity index (χ0v) is 18.6. The third-order valence-electron chi connectivity index (χ3n) is 5.99. The van der Waals surface area contributed by atoms with Gasteiger partial charge in [0.05, 0.1) is 29.4 Å². The summed E-state index contributed by atoms with van der Waals surface area (Å²) in [6, 6.07) is 9.12. The number of likely N-dealkylation sites (N-methyl/N-ethyl adjacent to an activating group) is 1. The lowest BCUT2D eigenvalue weighted by molar-refractivity contribution is 0.0987. The van der Waals surface area contributed by atoms with Gasteiger partial charge in [0.1, 0.15) is 0 Å². The summed E-state index contributed by atoms with van der Waals surface area (Å²) in [7, 11) is 3.90. The van der Waals surface area contributed by atoms with Gasteiger partial charge in [-0.1, -0.05) is 6.07 Å². The summed E-state index contributed by atoms with van der Waals surface area (Å²) in [5, 5.41) is 13.5. The highest BCUT2D eigenvalue weighted by Crippen LogP contribution is 2.25. The number of halogens is 1. The molecule has 1 aromatic carbocycles. The number of anilines is 1. The molecule has 0 N–H and O–H groups in total. The first-order valence-corrected chi connectivity index (χ1v) is 10.8. The molecular weight excluding hydrogens is 421 g/mol. The van der Waals surface area contributed by atoms with Crippen LogP contribution in [-0.4, -0.2) is 68.9 Å². The lowest BCUT2D eigenvalue weighted by Crippen LogP contribution is -2.45. The van der Waals surface area contributed by atoms with Gasteiger partial charge in [-0.2, -0.15) is 15.3 Å². The number of benzene rings is 1. The van der Waals surface area contributed by atoms with E-state index in [-0.39, 0.29) is 23.6 Å². The Hall–Kier alpha value is -3.72. The standard InChI is InChI=1S/C24H24FN7O/c1-30-7-9-32(10-8-30)24-23(25)20(5-6-26-24)22(33)13-19-12-17-11-16(3-4-21(17)29-28-19)18-14-27-31(2)15-18/h3-6,11-12,14-15H,7-10,13H2,1-2H3. The molecule has 9 heteroatoms. The fourth-order valence-electron chi connectivity index (χ4n) is 4.07. The highest BCUT2D eigenvalue weighted by molar-refractivity contribution is 5.98. The molecule has 5 rings (SSSR count). The number of aryl methyl sites for hydroxylation is 1. The predicted molar refractivity (Wildman–Crippen MR) is 124 cm³/mol. The molecule has 1 saturated heterocycles. The van der Waals surface area contributed by atoms with Gasteiger partial charge in [-0.3, -0.25) is 9.48 Å². The van der Waals surface area contributed by atoms with Crippen LogP contribution in [0.25, 0.3) is 22.0 Å². The molecule has 1 aliphatic rings. The molecule has 0 bridgehead atoms. The first-order valence-electron chi connectivity index (χ1n) is 10.8. The number of fused-ring (bicyclic) bond motifs is 1. The Morgan fingerprint density at radius 2 is 1.85 bits per heavy atom. The Labute approximate surface area is 190 Å². The highest BCUT2D eigenvalue weighted by atomic mass is 19.1. The molecule has 0 saturated carbocycles. The molecule has 4 heterocycles. The summed E-state index contributed by atoms with van der Waals surface area (Å²) >= 11 is 0. The van der Waals surface area contributed by atoms with Crippen LogP contribution in [0.15, 0.2) is 48.9 Å².